The molecule has 0 radical (unpaired) electrons. The molecule has 1 aliphatic carbocycles. The first-order valence-corrected chi connectivity index (χ1v) is 17.9. The second kappa shape index (κ2) is 10.7. The Morgan fingerprint density at radius 2 is 0.981 bits per heavy atom. The minimum atomic E-state index is -0.109. The van der Waals surface area contributed by atoms with Crippen LogP contribution >= 0.6 is 0 Å². The van der Waals surface area contributed by atoms with Crippen LogP contribution in [0.15, 0.2) is 173 Å². The summed E-state index contributed by atoms with van der Waals surface area (Å²) in [4.78, 5) is 2.38. The van der Waals surface area contributed by atoms with E-state index < -0.39 is 0 Å². The number of hydrogen-bond donors (Lipinski definition) is 0. The first-order chi connectivity index (χ1) is 25.5. The van der Waals surface area contributed by atoms with E-state index in [2.05, 4.69) is 158 Å². The average Bonchev–Trinajstić information content (AvgIpc) is 3.83. The Balaban J connectivity index is 1.07. The average molecular weight is 668 g/mol. The van der Waals surface area contributed by atoms with E-state index in [1.807, 2.05) is 24.3 Å². The third kappa shape index (κ3) is 4.14. The van der Waals surface area contributed by atoms with E-state index in [1.165, 1.54) is 49.5 Å². The predicted molar refractivity (Wildman–Crippen MR) is 216 cm³/mol. The third-order valence-corrected chi connectivity index (χ3v) is 11.3. The highest BCUT2D eigenvalue weighted by Gasteiger charge is 2.35. The Labute approximate surface area is 301 Å². The molecule has 2 aromatic heterocycles. The molecule has 0 bridgehead atoms. The Morgan fingerprint density at radius 1 is 0.385 bits per heavy atom. The van der Waals surface area contributed by atoms with Gasteiger partial charge in [-0.25, -0.2) is 0 Å². The van der Waals surface area contributed by atoms with Gasteiger partial charge in [0.05, 0.1) is 0 Å². The minimum absolute atomic E-state index is 0.109. The molecule has 0 N–H and O–H groups in total. The summed E-state index contributed by atoms with van der Waals surface area (Å²) in [6, 6.07) is 58.9. The van der Waals surface area contributed by atoms with E-state index in [1.54, 1.807) is 0 Å². The summed E-state index contributed by atoms with van der Waals surface area (Å²) >= 11 is 0. The fourth-order valence-electron chi connectivity index (χ4n) is 8.75. The van der Waals surface area contributed by atoms with Gasteiger partial charge in [-0.2, -0.15) is 0 Å². The molecule has 1 aliphatic rings. The molecule has 0 saturated heterocycles. The molecule has 0 atom stereocenters. The van der Waals surface area contributed by atoms with E-state index in [-0.39, 0.29) is 5.41 Å². The van der Waals surface area contributed by atoms with Crippen molar-refractivity contribution in [2.24, 2.45) is 0 Å². The third-order valence-electron chi connectivity index (χ3n) is 11.3. The maximum absolute atomic E-state index is 6.24. The van der Waals surface area contributed by atoms with Crippen LogP contribution in [0.5, 0.6) is 0 Å². The van der Waals surface area contributed by atoms with Gasteiger partial charge in [0.2, 0.25) is 0 Å². The molecule has 0 fully saturated rings. The fourth-order valence-corrected chi connectivity index (χ4v) is 8.75. The van der Waals surface area contributed by atoms with Gasteiger partial charge in [0, 0.05) is 44.0 Å². The number of furan rings is 2. The first-order valence-electron chi connectivity index (χ1n) is 17.9. The molecule has 3 nitrogen and oxygen atoms in total. The number of benzene rings is 8. The highest BCUT2D eigenvalue weighted by molar-refractivity contribution is 6.21. The number of anilines is 3. The topological polar surface area (TPSA) is 29.5 Å². The van der Waals surface area contributed by atoms with Crippen LogP contribution in [0.25, 0.3) is 76.9 Å². The van der Waals surface area contributed by atoms with Gasteiger partial charge in [0.25, 0.3) is 0 Å². The van der Waals surface area contributed by atoms with Crippen LogP contribution in [0.4, 0.5) is 17.1 Å². The predicted octanol–water partition coefficient (Wildman–Crippen LogP) is 14.1. The number of nitrogens with zero attached hydrogens (tertiary/aromatic N) is 1. The zero-order chi connectivity index (χ0) is 34.6. The van der Waals surface area contributed by atoms with Crippen molar-refractivity contribution in [1.82, 2.24) is 0 Å². The number of fused-ring (bicyclic) bond motifs is 11. The second-order valence-corrected chi connectivity index (χ2v) is 14.5. The monoisotopic (exact) mass is 667 g/mol. The lowest BCUT2D eigenvalue weighted by molar-refractivity contribution is 0.660. The molecular weight excluding hydrogens is 635 g/mol. The fraction of sp³-hybridized carbons (Fsp3) is 0.0612. The lowest BCUT2D eigenvalue weighted by atomic mass is 9.82. The smallest absolute Gasteiger partial charge is 0.136 e. The summed E-state index contributed by atoms with van der Waals surface area (Å²) in [7, 11) is 0. The van der Waals surface area contributed by atoms with Crippen LogP contribution in [0, 0.1) is 0 Å². The molecule has 0 saturated carbocycles. The minimum Gasteiger partial charge on any atom is -0.456 e. The molecular formula is C49H33NO2. The van der Waals surface area contributed by atoms with E-state index in [0.717, 1.165) is 55.6 Å². The molecule has 11 rings (SSSR count). The van der Waals surface area contributed by atoms with E-state index in [4.69, 9.17) is 8.83 Å². The zero-order valence-corrected chi connectivity index (χ0v) is 28.9. The highest BCUT2D eigenvalue weighted by atomic mass is 16.3. The van der Waals surface area contributed by atoms with E-state index in [9.17, 15) is 0 Å². The van der Waals surface area contributed by atoms with Crippen LogP contribution in [-0.4, -0.2) is 0 Å². The molecule has 3 heteroatoms. The molecule has 246 valence electrons. The van der Waals surface area contributed by atoms with Gasteiger partial charge in [-0.05, 0) is 105 Å². The molecule has 2 heterocycles. The molecule has 52 heavy (non-hydrogen) atoms. The van der Waals surface area contributed by atoms with E-state index >= 15 is 0 Å². The Hall–Kier alpha value is -6.58. The maximum Gasteiger partial charge on any atom is 0.136 e. The summed E-state index contributed by atoms with van der Waals surface area (Å²) in [5.41, 5.74) is 14.5. The van der Waals surface area contributed by atoms with Gasteiger partial charge in [-0.1, -0.05) is 117 Å². The lowest BCUT2D eigenvalue weighted by Gasteiger charge is -2.28. The Kier molecular flexibility index (Phi) is 6.01. The largest absolute Gasteiger partial charge is 0.456 e. The quantitative estimate of drug-likeness (QED) is 0.187. The van der Waals surface area contributed by atoms with Crippen molar-refractivity contribution >= 4 is 71.7 Å². The second-order valence-electron chi connectivity index (χ2n) is 14.5. The summed E-state index contributed by atoms with van der Waals surface area (Å²) in [5.74, 6) is 0. The summed E-state index contributed by atoms with van der Waals surface area (Å²) in [6.07, 6.45) is 0. The van der Waals surface area contributed by atoms with Crippen LogP contribution in [0.1, 0.15) is 25.0 Å². The van der Waals surface area contributed by atoms with Crippen molar-refractivity contribution in [3.63, 3.8) is 0 Å². The van der Waals surface area contributed by atoms with E-state index in [0.29, 0.717) is 0 Å². The highest BCUT2D eigenvalue weighted by Crippen LogP contribution is 2.51. The standard InChI is InChI=1S/C49H33NO2/c1-49(2)42-15-6-3-10-36(42)37-24-22-33(29-43(37)49)50(32-23-26-46-41(28-32)38-11-4-7-16-44(38)51-46)31-20-18-30(19-21-31)34-13-9-14-39-35(34)25-27-47-48(39)40-12-5-8-17-45(40)52-47/h3-29H,1-2H3. The van der Waals surface area contributed by atoms with Crippen LogP contribution in [0.3, 0.4) is 0 Å². The Bertz CT molecular complexity index is 3050. The molecule has 0 unspecified atom stereocenters. The summed E-state index contributed by atoms with van der Waals surface area (Å²) < 4.78 is 12.5. The van der Waals surface area contributed by atoms with Crippen LogP contribution < -0.4 is 4.90 Å². The van der Waals surface area contributed by atoms with Crippen LogP contribution in [-0.2, 0) is 5.41 Å². The Morgan fingerprint density at radius 3 is 1.85 bits per heavy atom. The molecule has 0 spiro atoms. The first kappa shape index (κ1) is 29.2. The normalized spacial score (nSPS) is 13.3. The van der Waals surface area contributed by atoms with Gasteiger partial charge in [0.1, 0.15) is 22.3 Å². The lowest BCUT2D eigenvalue weighted by Crippen LogP contribution is -2.16. The van der Waals surface area contributed by atoms with Gasteiger partial charge < -0.3 is 13.7 Å². The summed E-state index contributed by atoms with van der Waals surface area (Å²) in [6.45, 7) is 4.68. The molecule has 8 aromatic carbocycles. The van der Waals surface area contributed by atoms with Crippen molar-refractivity contribution in [1.29, 1.82) is 0 Å². The number of rotatable bonds is 4. The van der Waals surface area contributed by atoms with Crippen molar-refractivity contribution in [3.05, 3.63) is 175 Å². The van der Waals surface area contributed by atoms with Crippen LogP contribution in [0.2, 0.25) is 0 Å². The van der Waals surface area contributed by atoms with Crippen molar-refractivity contribution < 1.29 is 8.83 Å². The summed E-state index contributed by atoms with van der Waals surface area (Å²) in [5, 5.41) is 6.96. The van der Waals surface area contributed by atoms with Crippen molar-refractivity contribution in [3.8, 4) is 22.3 Å². The van der Waals surface area contributed by atoms with Crippen molar-refractivity contribution in [2.45, 2.75) is 19.3 Å². The molecule has 0 aliphatic heterocycles. The zero-order valence-electron chi connectivity index (χ0n) is 28.9. The number of para-hydroxylation sites is 2. The van der Waals surface area contributed by atoms with Gasteiger partial charge in [0.15, 0.2) is 0 Å². The molecule has 0 amide bonds. The SMILES string of the molecule is CC1(C)c2ccccc2-c2ccc(N(c3ccc(-c4cccc5c4ccc4oc6ccccc6c45)cc3)c3ccc4oc5ccccc5c4c3)cc21. The number of hydrogen-bond acceptors (Lipinski definition) is 3. The van der Waals surface area contributed by atoms with Gasteiger partial charge in [-0.3, -0.25) is 0 Å². The maximum atomic E-state index is 6.24. The van der Waals surface area contributed by atoms with Gasteiger partial charge in [-0.15, -0.1) is 0 Å². The molecule has 10 aromatic rings. The van der Waals surface area contributed by atoms with Gasteiger partial charge >= 0.3 is 0 Å². The van der Waals surface area contributed by atoms with Crippen molar-refractivity contribution in [2.75, 3.05) is 4.90 Å².